The molecule has 3 heteroatoms. The number of aliphatic imine (C=N–C) groups is 1. The predicted molar refractivity (Wildman–Crippen MR) is 71.5 cm³/mol. The van der Waals surface area contributed by atoms with E-state index in [-0.39, 0.29) is 0 Å². The van der Waals surface area contributed by atoms with E-state index in [1.54, 1.807) is 20.2 Å². The zero-order chi connectivity index (χ0) is 12.9. The molecule has 1 aromatic rings. The van der Waals surface area contributed by atoms with Gasteiger partial charge in [0.1, 0.15) is 5.60 Å². The van der Waals surface area contributed by atoms with Gasteiger partial charge >= 0.3 is 0 Å². The third-order valence-electron chi connectivity index (χ3n) is 1.80. The molecule has 0 spiro atoms. The van der Waals surface area contributed by atoms with Crippen LogP contribution in [0.25, 0.3) is 0 Å². The molecule has 0 aliphatic carbocycles. The molecule has 0 amide bonds. The lowest BCUT2D eigenvalue weighted by atomic mass is 10.1. The lowest BCUT2D eigenvalue weighted by Crippen LogP contribution is -2.14. The molecule has 1 N–H and O–H groups in total. The summed E-state index contributed by atoms with van der Waals surface area (Å²) in [5, 5.41) is 9.51. The minimum atomic E-state index is -0.969. The van der Waals surface area contributed by atoms with Crippen LogP contribution < -0.4 is 0 Å². The Hall–Kier alpha value is -1.79. The lowest BCUT2D eigenvalue weighted by molar-refractivity contribution is 0.143. The molecule has 0 heterocycles. The van der Waals surface area contributed by atoms with Crippen LogP contribution >= 0.6 is 0 Å². The molecule has 90 valence electrons. The molecule has 17 heavy (non-hydrogen) atoms. The zero-order valence-corrected chi connectivity index (χ0v) is 10.7. The highest BCUT2D eigenvalue weighted by molar-refractivity contribution is 5.61. The van der Waals surface area contributed by atoms with Crippen LogP contribution in [0.4, 0.5) is 5.69 Å². The Morgan fingerprint density at radius 2 is 2.06 bits per heavy atom. The maximum Gasteiger partial charge on any atom is 0.120 e. The summed E-state index contributed by atoms with van der Waals surface area (Å²) in [7, 11) is 3.84. The van der Waals surface area contributed by atoms with Crippen molar-refractivity contribution in [2.45, 2.75) is 19.4 Å². The van der Waals surface area contributed by atoms with E-state index in [0.717, 1.165) is 11.3 Å². The van der Waals surface area contributed by atoms with E-state index in [1.807, 2.05) is 43.3 Å². The van der Waals surface area contributed by atoms with Crippen molar-refractivity contribution in [1.82, 2.24) is 4.90 Å². The molecule has 0 atom stereocenters. The van der Waals surface area contributed by atoms with Crippen LogP contribution in [0.15, 0.2) is 29.3 Å². The predicted octanol–water partition coefficient (Wildman–Crippen LogP) is 2.03. The molecule has 0 radical (unpaired) electrons. The monoisotopic (exact) mass is 230 g/mol. The third kappa shape index (κ3) is 5.74. The van der Waals surface area contributed by atoms with Gasteiger partial charge in [0, 0.05) is 19.7 Å². The second kappa shape index (κ2) is 5.51. The summed E-state index contributed by atoms with van der Waals surface area (Å²) >= 11 is 0. The summed E-state index contributed by atoms with van der Waals surface area (Å²) in [5.41, 5.74) is 0.727. The van der Waals surface area contributed by atoms with Gasteiger partial charge in [-0.2, -0.15) is 0 Å². The van der Waals surface area contributed by atoms with Gasteiger partial charge < -0.3 is 10.0 Å². The highest BCUT2D eigenvalue weighted by atomic mass is 16.3. The van der Waals surface area contributed by atoms with Crippen molar-refractivity contribution in [2.24, 2.45) is 4.99 Å². The Bertz CT molecular complexity index is 459. The molecule has 0 aliphatic heterocycles. The first kappa shape index (κ1) is 13.3. The maximum atomic E-state index is 9.51. The average Bonchev–Trinajstić information content (AvgIpc) is 2.23. The van der Waals surface area contributed by atoms with Crippen molar-refractivity contribution < 1.29 is 5.11 Å². The van der Waals surface area contributed by atoms with Gasteiger partial charge in [-0.05, 0) is 32.0 Å². The van der Waals surface area contributed by atoms with Gasteiger partial charge in [-0.3, -0.25) is 0 Å². The van der Waals surface area contributed by atoms with Gasteiger partial charge in [0.05, 0.1) is 12.0 Å². The Morgan fingerprint density at radius 1 is 1.35 bits per heavy atom. The summed E-state index contributed by atoms with van der Waals surface area (Å²) in [6.07, 6.45) is 1.74. The number of rotatable bonds is 2. The van der Waals surface area contributed by atoms with Crippen LogP contribution in [0.3, 0.4) is 0 Å². The minimum absolute atomic E-state index is 0.848. The number of hydrogen-bond acceptors (Lipinski definition) is 2. The molecule has 1 aromatic carbocycles. The SMILES string of the molecule is CN(C)C=Nc1cccc(C#CC(C)(C)O)c1. The molecule has 0 saturated carbocycles. The molecule has 0 saturated heterocycles. The molecule has 0 aromatic heterocycles. The third-order valence-corrected chi connectivity index (χ3v) is 1.80. The van der Waals surface area contributed by atoms with Crippen LogP contribution in [-0.2, 0) is 0 Å². The van der Waals surface area contributed by atoms with E-state index < -0.39 is 5.60 Å². The molecule has 0 bridgehead atoms. The van der Waals surface area contributed by atoms with E-state index in [1.165, 1.54) is 0 Å². The van der Waals surface area contributed by atoms with E-state index in [4.69, 9.17) is 0 Å². The Morgan fingerprint density at radius 3 is 2.65 bits per heavy atom. The topological polar surface area (TPSA) is 35.8 Å². The van der Waals surface area contributed by atoms with Gasteiger partial charge in [0.2, 0.25) is 0 Å². The van der Waals surface area contributed by atoms with Crippen molar-refractivity contribution in [2.75, 3.05) is 14.1 Å². The van der Waals surface area contributed by atoms with Crippen molar-refractivity contribution in [3.8, 4) is 11.8 Å². The first-order valence-corrected chi connectivity index (χ1v) is 5.43. The lowest BCUT2D eigenvalue weighted by Gasteiger charge is -2.06. The summed E-state index contributed by atoms with van der Waals surface area (Å²) in [6, 6.07) is 7.60. The van der Waals surface area contributed by atoms with Crippen LogP contribution in [-0.4, -0.2) is 36.0 Å². The van der Waals surface area contributed by atoms with Gasteiger partial charge in [0.15, 0.2) is 0 Å². The molecule has 0 aliphatic rings. The Kier molecular flexibility index (Phi) is 4.30. The Balaban J connectivity index is 2.89. The highest BCUT2D eigenvalue weighted by Gasteiger charge is 2.05. The van der Waals surface area contributed by atoms with Crippen LogP contribution in [0, 0.1) is 11.8 Å². The fourth-order valence-electron chi connectivity index (χ4n) is 1.07. The van der Waals surface area contributed by atoms with Gasteiger partial charge in [-0.1, -0.05) is 17.9 Å². The van der Waals surface area contributed by atoms with Crippen LogP contribution in [0.5, 0.6) is 0 Å². The second-order valence-electron chi connectivity index (χ2n) is 4.57. The van der Waals surface area contributed by atoms with Crippen LogP contribution in [0.1, 0.15) is 19.4 Å². The number of aliphatic hydroxyl groups is 1. The molecule has 1 rings (SSSR count). The first-order chi connectivity index (χ1) is 7.87. The quantitative estimate of drug-likeness (QED) is 0.479. The average molecular weight is 230 g/mol. The van der Waals surface area contributed by atoms with Gasteiger partial charge in [-0.15, -0.1) is 0 Å². The Labute approximate surface area is 103 Å². The standard InChI is InChI=1S/C14H18N2O/c1-14(2,17)9-8-12-6-5-7-13(10-12)15-11-16(3)4/h5-7,10-11,17H,1-4H3. The normalized spacial score (nSPS) is 11.1. The van der Waals surface area contributed by atoms with Crippen molar-refractivity contribution >= 4 is 12.0 Å². The largest absolute Gasteiger partial charge is 0.378 e. The van der Waals surface area contributed by atoms with Gasteiger partial charge in [0.25, 0.3) is 0 Å². The summed E-state index contributed by atoms with van der Waals surface area (Å²) < 4.78 is 0. The van der Waals surface area contributed by atoms with E-state index >= 15 is 0 Å². The number of benzene rings is 1. The fourth-order valence-corrected chi connectivity index (χ4v) is 1.07. The number of nitrogens with zero attached hydrogens (tertiary/aromatic N) is 2. The molecule has 3 nitrogen and oxygen atoms in total. The molecular weight excluding hydrogens is 212 g/mol. The van der Waals surface area contributed by atoms with Crippen molar-refractivity contribution in [3.63, 3.8) is 0 Å². The summed E-state index contributed by atoms with van der Waals surface area (Å²) in [4.78, 5) is 6.15. The van der Waals surface area contributed by atoms with E-state index in [0.29, 0.717) is 0 Å². The molecular formula is C14H18N2O. The number of hydrogen-bond donors (Lipinski definition) is 1. The van der Waals surface area contributed by atoms with Crippen LogP contribution in [0.2, 0.25) is 0 Å². The summed E-state index contributed by atoms with van der Waals surface area (Å²) in [5.74, 6) is 5.70. The fraction of sp³-hybridized carbons (Fsp3) is 0.357. The van der Waals surface area contributed by atoms with E-state index in [9.17, 15) is 5.11 Å². The summed E-state index contributed by atoms with van der Waals surface area (Å²) in [6.45, 7) is 3.32. The highest BCUT2D eigenvalue weighted by Crippen LogP contribution is 2.13. The second-order valence-corrected chi connectivity index (χ2v) is 4.57. The van der Waals surface area contributed by atoms with E-state index in [2.05, 4.69) is 16.8 Å². The zero-order valence-electron chi connectivity index (χ0n) is 10.7. The van der Waals surface area contributed by atoms with Gasteiger partial charge in [-0.25, -0.2) is 4.99 Å². The van der Waals surface area contributed by atoms with Crippen molar-refractivity contribution in [3.05, 3.63) is 29.8 Å². The minimum Gasteiger partial charge on any atom is -0.378 e. The first-order valence-electron chi connectivity index (χ1n) is 5.43. The molecule has 0 fully saturated rings. The van der Waals surface area contributed by atoms with Crippen molar-refractivity contribution in [1.29, 1.82) is 0 Å². The smallest absolute Gasteiger partial charge is 0.120 e. The molecule has 0 unspecified atom stereocenters. The maximum absolute atomic E-state index is 9.51.